The highest BCUT2D eigenvalue weighted by atomic mass is 16.6. The van der Waals surface area contributed by atoms with E-state index in [1.807, 2.05) is 109 Å². The minimum Gasteiger partial charge on any atom is -0.382 e. The average Bonchev–Trinajstić information content (AvgIpc) is 2.78. The average molecular weight is 368 g/mol. The molecule has 4 nitrogen and oxygen atoms in total. The van der Waals surface area contributed by atoms with Crippen LogP contribution in [0.3, 0.4) is 0 Å². The van der Waals surface area contributed by atoms with Crippen LogP contribution in [0.5, 0.6) is 11.5 Å². The lowest BCUT2D eigenvalue weighted by atomic mass is 10.1. The van der Waals surface area contributed by atoms with Crippen molar-refractivity contribution in [2.75, 3.05) is 11.0 Å². The summed E-state index contributed by atoms with van der Waals surface area (Å²) in [6.45, 7) is 0. The molecule has 0 aliphatic rings. The predicted molar refractivity (Wildman–Crippen MR) is 113 cm³/mol. The Labute approximate surface area is 164 Å². The first-order valence-corrected chi connectivity index (χ1v) is 9.03. The minimum atomic E-state index is 0.750. The van der Waals surface area contributed by atoms with E-state index in [0.717, 1.165) is 34.0 Å². The first-order valence-electron chi connectivity index (χ1n) is 9.03. The molecule has 0 aliphatic carbocycles. The molecule has 0 heterocycles. The molecule has 0 radical (unpaired) electrons. The monoisotopic (exact) mass is 368 g/mol. The zero-order chi connectivity index (χ0) is 19.0. The highest BCUT2D eigenvalue weighted by Crippen LogP contribution is 2.25. The summed E-state index contributed by atoms with van der Waals surface area (Å²) in [5, 5.41) is 0. The number of anilines is 2. The molecule has 2 N–H and O–H groups in total. The number of rotatable bonds is 7. The Balaban J connectivity index is 1.34. The fraction of sp³-hybridized carbons (Fsp3) is 0. The first kappa shape index (κ1) is 17.5. The summed E-state index contributed by atoms with van der Waals surface area (Å²) in [6.07, 6.45) is 0. The van der Waals surface area contributed by atoms with E-state index >= 15 is 0 Å². The summed E-state index contributed by atoms with van der Waals surface area (Å²) < 4.78 is 0. The quantitative estimate of drug-likeness (QED) is 0.383. The SMILES string of the molecule is c1ccc(NOc2ccc(-c3ccc(ONc4ccccc4)cc3)cc2)cc1. The van der Waals surface area contributed by atoms with Crippen molar-refractivity contribution in [3.8, 4) is 22.6 Å². The maximum Gasteiger partial charge on any atom is 0.155 e. The van der Waals surface area contributed by atoms with E-state index in [4.69, 9.17) is 9.68 Å². The Bertz CT molecular complexity index is 901. The Morgan fingerprint density at radius 3 is 1.11 bits per heavy atom. The smallest absolute Gasteiger partial charge is 0.155 e. The lowest BCUT2D eigenvalue weighted by Crippen LogP contribution is -2.04. The van der Waals surface area contributed by atoms with Gasteiger partial charge in [-0.25, -0.2) is 11.0 Å². The molecular weight excluding hydrogens is 348 g/mol. The van der Waals surface area contributed by atoms with E-state index in [2.05, 4.69) is 11.0 Å². The summed E-state index contributed by atoms with van der Waals surface area (Å²) in [5.74, 6) is 1.50. The summed E-state index contributed by atoms with van der Waals surface area (Å²) in [7, 11) is 0. The van der Waals surface area contributed by atoms with Crippen LogP contribution in [0.15, 0.2) is 109 Å². The Morgan fingerprint density at radius 1 is 0.393 bits per heavy atom. The van der Waals surface area contributed by atoms with Gasteiger partial charge < -0.3 is 9.68 Å². The van der Waals surface area contributed by atoms with E-state index in [1.165, 1.54) is 0 Å². The van der Waals surface area contributed by atoms with Crippen molar-refractivity contribution in [3.63, 3.8) is 0 Å². The first-order chi connectivity index (χ1) is 13.9. The third-order valence-corrected chi connectivity index (χ3v) is 4.16. The summed E-state index contributed by atoms with van der Waals surface area (Å²) in [4.78, 5) is 11.2. The van der Waals surface area contributed by atoms with Crippen molar-refractivity contribution in [3.05, 3.63) is 109 Å². The Kier molecular flexibility index (Phi) is 5.40. The maximum atomic E-state index is 5.60. The van der Waals surface area contributed by atoms with Crippen LogP contribution in [-0.4, -0.2) is 0 Å². The van der Waals surface area contributed by atoms with Gasteiger partial charge >= 0.3 is 0 Å². The van der Waals surface area contributed by atoms with E-state index in [9.17, 15) is 0 Å². The largest absolute Gasteiger partial charge is 0.382 e. The summed E-state index contributed by atoms with van der Waals surface area (Å²) in [5.41, 5.74) is 9.89. The normalized spacial score (nSPS) is 10.1. The third-order valence-electron chi connectivity index (χ3n) is 4.16. The van der Waals surface area contributed by atoms with Crippen LogP contribution < -0.4 is 20.6 Å². The highest BCUT2D eigenvalue weighted by molar-refractivity contribution is 5.65. The molecule has 0 atom stereocenters. The molecule has 0 fully saturated rings. The van der Waals surface area contributed by atoms with Gasteiger partial charge in [0.05, 0.1) is 11.4 Å². The van der Waals surface area contributed by atoms with Gasteiger partial charge in [-0.1, -0.05) is 60.7 Å². The molecule has 0 amide bonds. The van der Waals surface area contributed by atoms with Crippen molar-refractivity contribution < 1.29 is 9.68 Å². The maximum absolute atomic E-state index is 5.60. The number of hydrogen-bond acceptors (Lipinski definition) is 4. The molecule has 0 saturated carbocycles. The van der Waals surface area contributed by atoms with Crippen LogP contribution in [0.4, 0.5) is 11.4 Å². The molecule has 0 unspecified atom stereocenters. The van der Waals surface area contributed by atoms with Crippen molar-refractivity contribution in [1.29, 1.82) is 0 Å². The van der Waals surface area contributed by atoms with Gasteiger partial charge in [0.25, 0.3) is 0 Å². The second kappa shape index (κ2) is 8.64. The number of para-hydroxylation sites is 2. The molecule has 4 aromatic rings. The highest BCUT2D eigenvalue weighted by Gasteiger charge is 2.01. The molecule has 4 heteroatoms. The van der Waals surface area contributed by atoms with E-state index < -0.39 is 0 Å². The van der Waals surface area contributed by atoms with Crippen LogP contribution in [0.25, 0.3) is 11.1 Å². The zero-order valence-electron chi connectivity index (χ0n) is 15.2. The van der Waals surface area contributed by atoms with Crippen LogP contribution in [0.2, 0.25) is 0 Å². The molecule has 4 rings (SSSR count). The number of benzene rings is 4. The lowest BCUT2D eigenvalue weighted by Gasteiger charge is -2.10. The van der Waals surface area contributed by atoms with Crippen molar-refractivity contribution in [1.82, 2.24) is 0 Å². The standard InChI is InChI=1S/C24H20N2O2/c1-3-7-21(8-4-1)25-27-23-15-11-19(12-16-23)20-13-17-24(18-14-20)28-26-22-9-5-2-6-10-22/h1-18,25-26H. The van der Waals surface area contributed by atoms with Gasteiger partial charge in [0, 0.05) is 0 Å². The minimum absolute atomic E-state index is 0.750. The number of nitrogens with one attached hydrogen (secondary N) is 2. The zero-order valence-corrected chi connectivity index (χ0v) is 15.2. The van der Waals surface area contributed by atoms with Gasteiger partial charge in [0.2, 0.25) is 0 Å². The molecular formula is C24H20N2O2. The fourth-order valence-corrected chi connectivity index (χ4v) is 2.68. The van der Waals surface area contributed by atoms with Crippen LogP contribution in [0, 0.1) is 0 Å². The van der Waals surface area contributed by atoms with Crippen LogP contribution in [-0.2, 0) is 0 Å². The summed E-state index contributed by atoms with van der Waals surface area (Å²) >= 11 is 0. The second-order valence-corrected chi connectivity index (χ2v) is 6.19. The topological polar surface area (TPSA) is 42.5 Å². The molecule has 0 spiro atoms. The van der Waals surface area contributed by atoms with Gasteiger partial charge in [-0.2, -0.15) is 0 Å². The predicted octanol–water partition coefficient (Wildman–Crippen LogP) is 6.17. The van der Waals surface area contributed by atoms with Gasteiger partial charge in [-0.3, -0.25) is 0 Å². The lowest BCUT2D eigenvalue weighted by molar-refractivity contribution is 0.405. The van der Waals surface area contributed by atoms with Gasteiger partial charge in [0.1, 0.15) is 0 Å². The van der Waals surface area contributed by atoms with Crippen LogP contribution >= 0.6 is 0 Å². The molecule has 0 aliphatic heterocycles. The van der Waals surface area contributed by atoms with Gasteiger partial charge in [-0.15, -0.1) is 0 Å². The fourth-order valence-electron chi connectivity index (χ4n) is 2.68. The van der Waals surface area contributed by atoms with E-state index in [-0.39, 0.29) is 0 Å². The molecule has 4 aromatic carbocycles. The number of hydrogen-bond donors (Lipinski definition) is 2. The second-order valence-electron chi connectivity index (χ2n) is 6.19. The van der Waals surface area contributed by atoms with Crippen LogP contribution in [0.1, 0.15) is 0 Å². The third kappa shape index (κ3) is 4.62. The van der Waals surface area contributed by atoms with E-state index in [0.29, 0.717) is 0 Å². The molecule has 0 bridgehead atoms. The van der Waals surface area contributed by atoms with E-state index in [1.54, 1.807) is 0 Å². The summed E-state index contributed by atoms with van der Waals surface area (Å²) in [6, 6.07) is 35.4. The molecule has 0 saturated heterocycles. The Hall–Kier alpha value is -3.92. The van der Waals surface area contributed by atoms with Crippen molar-refractivity contribution in [2.45, 2.75) is 0 Å². The molecule has 28 heavy (non-hydrogen) atoms. The van der Waals surface area contributed by atoms with Crippen molar-refractivity contribution in [2.24, 2.45) is 0 Å². The Morgan fingerprint density at radius 2 is 0.750 bits per heavy atom. The molecule has 0 aromatic heterocycles. The van der Waals surface area contributed by atoms with Gasteiger partial charge in [-0.05, 0) is 59.7 Å². The molecule has 138 valence electrons. The van der Waals surface area contributed by atoms with Gasteiger partial charge in [0.15, 0.2) is 11.5 Å². The van der Waals surface area contributed by atoms with Crippen molar-refractivity contribution >= 4 is 11.4 Å².